The van der Waals surface area contributed by atoms with E-state index in [4.69, 9.17) is 10.2 Å². The standard InChI is InChI=1S/C21H18BrFN4O/c22-17-13-25-19(24-9-3-11-28)12-16(17)20-18-4-1-2-10-27(18)26-21(20)14-5-7-15(23)8-6-14/h1-2,4-8,10,12-13,28H,3,9,11H2,(H,24,25). The molecule has 142 valence electrons. The predicted octanol–water partition coefficient (Wildman–Crippen LogP) is 4.76. The zero-order valence-corrected chi connectivity index (χ0v) is 16.5. The van der Waals surface area contributed by atoms with Gasteiger partial charge in [-0.05, 0) is 64.8 Å². The number of hydrogen-bond acceptors (Lipinski definition) is 4. The highest BCUT2D eigenvalue weighted by atomic mass is 79.9. The number of halogens is 2. The fraction of sp³-hybridized carbons (Fsp3) is 0.143. The number of hydrogen-bond donors (Lipinski definition) is 2. The smallest absolute Gasteiger partial charge is 0.126 e. The lowest BCUT2D eigenvalue weighted by Gasteiger charge is -2.10. The third-order valence-corrected chi connectivity index (χ3v) is 5.06. The molecule has 0 saturated heterocycles. The molecule has 3 aromatic heterocycles. The van der Waals surface area contributed by atoms with Gasteiger partial charge in [-0.15, -0.1) is 0 Å². The van der Waals surface area contributed by atoms with Crippen LogP contribution in [0.25, 0.3) is 27.9 Å². The van der Waals surface area contributed by atoms with Crippen LogP contribution in [0.15, 0.2) is 65.4 Å². The molecule has 0 atom stereocenters. The van der Waals surface area contributed by atoms with Crippen molar-refractivity contribution in [1.29, 1.82) is 0 Å². The fourth-order valence-electron chi connectivity index (χ4n) is 3.10. The van der Waals surface area contributed by atoms with Gasteiger partial charge in [0.05, 0.1) is 5.52 Å². The molecule has 0 unspecified atom stereocenters. The number of aromatic nitrogens is 3. The summed E-state index contributed by atoms with van der Waals surface area (Å²) in [5.41, 5.74) is 4.40. The van der Waals surface area contributed by atoms with Crippen molar-refractivity contribution in [2.45, 2.75) is 6.42 Å². The molecule has 4 rings (SSSR count). The van der Waals surface area contributed by atoms with Crippen LogP contribution in [0, 0.1) is 5.82 Å². The Balaban J connectivity index is 1.89. The second-order valence-corrected chi connectivity index (χ2v) is 7.17. The van der Waals surface area contributed by atoms with E-state index in [1.165, 1.54) is 12.1 Å². The summed E-state index contributed by atoms with van der Waals surface area (Å²) in [6.07, 6.45) is 4.28. The second-order valence-electron chi connectivity index (χ2n) is 6.31. The molecule has 3 heterocycles. The molecule has 0 bridgehead atoms. The van der Waals surface area contributed by atoms with Crippen LogP contribution < -0.4 is 5.32 Å². The molecule has 1 aromatic carbocycles. The number of pyridine rings is 2. The topological polar surface area (TPSA) is 62.5 Å². The molecule has 0 aliphatic carbocycles. The Kier molecular flexibility index (Phi) is 5.36. The Morgan fingerprint density at radius 1 is 1.14 bits per heavy atom. The highest BCUT2D eigenvalue weighted by Gasteiger charge is 2.19. The first-order valence-corrected chi connectivity index (χ1v) is 9.70. The van der Waals surface area contributed by atoms with E-state index in [-0.39, 0.29) is 12.4 Å². The van der Waals surface area contributed by atoms with E-state index in [0.717, 1.165) is 32.4 Å². The van der Waals surface area contributed by atoms with E-state index in [1.54, 1.807) is 18.3 Å². The number of rotatable bonds is 6. The van der Waals surface area contributed by atoms with Crippen LogP contribution in [-0.4, -0.2) is 32.9 Å². The minimum Gasteiger partial charge on any atom is -0.396 e. The van der Waals surface area contributed by atoms with E-state index < -0.39 is 0 Å². The summed E-state index contributed by atoms with van der Waals surface area (Å²) >= 11 is 3.61. The molecular weight excluding hydrogens is 423 g/mol. The molecule has 0 aliphatic heterocycles. The SMILES string of the molecule is OCCCNc1cc(-c2c(-c3ccc(F)cc3)nn3ccccc23)c(Br)cn1. The first kappa shape index (κ1) is 18.6. The number of aliphatic hydroxyl groups is 1. The lowest BCUT2D eigenvalue weighted by molar-refractivity contribution is 0.292. The maximum atomic E-state index is 13.4. The van der Waals surface area contributed by atoms with Gasteiger partial charge < -0.3 is 10.4 Å². The minimum absolute atomic E-state index is 0.124. The molecular formula is C21H18BrFN4O. The highest BCUT2D eigenvalue weighted by Crippen LogP contribution is 2.39. The van der Waals surface area contributed by atoms with Gasteiger partial charge in [0.25, 0.3) is 0 Å². The van der Waals surface area contributed by atoms with Gasteiger partial charge >= 0.3 is 0 Å². The molecule has 5 nitrogen and oxygen atoms in total. The fourth-order valence-corrected chi connectivity index (χ4v) is 3.51. The molecule has 28 heavy (non-hydrogen) atoms. The molecule has 2 N–H and O–H groups in total. The van der Waals surface area contributed by atoms with Crippen LogP contribution in [0.1, 0.15) is 6.42 Å². The van der Waals surface area contributed by atoms with Crippen molar-refractivity contribution in [3.63, 3.8) is 0 Å². The summed E-state index contributed by atoms with van der Waals surface area (Å²) in [6, 6.07) is 14.2. The highest BCUT2D eigenvalue weighted by molar-refractivity contribution is 9.10. The molecule has 0 radical (unpaired) electrons. The summed E-state index contributed by atoms with van der Waals surface area (Å²) in [6.45, 7) is 0.753. The zero-order valence-electron chi connectivity index (χ0n) is 14.9. The summed E-state index contributed by atoms with van der Waals surface area (Å²) in [5.74, 6) is 0.432. The van der Waals surface area contributed by atoms with Crippen LogP contribution >= 0.6 is 15.9 Å². The van der Waals surface area contributed by atoms with Crippen molar-refractivity contribution in [2.75, 3.05) is 18.5 Å². The lowest BCUT2D eigenvalue weighted by Crippen LogP contribution is -2.05. The van der Waals surface area contributed by atoms with Gasteiger partial charge in [-0.25, -0.2) is 13.9 Å². The first-order valence-electron chi connectivity index (χ1n) is 8.91. The van der Waals surface area contributed by atoms with Crippen molar-refractivity contribution in [1.82, 2.24) is 14.6 Å². The summed E-state index contributed by atoms with van der Waals surface area (Å²) in [4.78, 5) is 4.40. The van der Waals surface area contributed by atoms with Crippen LogP contribution in [0.3, 0.4) is 0 Å². The summed E-state index contributed by atoms with van der Waals surface area (Å²) < 4.78 is 16.1. The maximum absolute atomic E-state index is 13.4. The Morgan fingerprint density at radius 3 is 2.75 bits per heavy atom. The van der Waals surface area contributed by atoms with Crippen LogP contribution in [0.2, 0.25) is 0 Å². The van der Waals surface area contributed by atoms with E-state index in [9.17, 15) is 4.39 Å². The molecule has 0 saturated carbocycles. The van der Waals surface area contributed by atoms with Crippen molar-refractivity contribution in [2.24, 2.45) is 0 Å². The molecule has 0 spiro atoms. The summed E-state index contributed by atoms with van der Waals surface area (Å²) in [5, 5.41) is 16.9. The van der Waals surface area contributed by atoms with Crippen LogP contribution in [0.5, 0.6) is 0 Å². The first-order chi connectivity index (χ1) is 13.7. The van der Waals surface area contributed by atoms with Gasteiger partial charge in [-0.1, -0.05) is 6.07 Å². The third kappa shape index (κ3) is 3.63. The van der Waals surface area contributed by atoms with Crippen molar-refractivity contribution >= 4 is 27.3 Å². The van der Waals surface area contributed by atoms with Gasteiger partial charge in [0.1, 0.15) is 17.3 Å². The second kappa shape index (κ2) is 8.08. The number of benzene rings is 1. The average molecular weight is 441 g/mol. The van der Waals surface area contributed by atoms with E-state index in [2.05, 4.69) is 26.2 Å². The van der Waals surface area contributed by atoms with Gasteiger partial charge in [0.15, 0.2) is 0 Å². The molecule has 0 aliphatic rings. The Labute approximate surface area is 170 Å². The van der Waals surface area contributed by atoms with Gasteiger partial charge in [-0.3, -0.25) is 0 Å². The normalized spacial score (nSPS) is 11.1. The number of nitrogens with zero attached hydrogens (tertiary/aromatic N) is 3. The summed E-state index contributed by atoms with van der Waals surface area (Å²) in [7, 11) is 0. The minimum atomic E-state index is -0.283. The molecule has 7 heteroatoms. The molecule has 0 fully saturated rings. The van der Waals surface area contributed by atoms with Crippen molar-refractivity contribution in [3.05, 3.63) is 71.2 Å². The Hall–Kier alpha value is -2.77. The number of fused-ring (bicyclic) bond motifs is 1. The van der Waals surface area contributed by atoms with Crippen molar-refractivity contribution < 1.29 is 9.50 Å². The largest absolute Gasteiger partial charge is 0.396 e. The van der Waals surface area contributed by atoms with Gasteiger partial charge in [0, 0.05) is 46.7 Å². The van der Waals surface area contributed by atoms with Gasteiger partial charge in [0.2, 0.25) is 0 Å². The average Bonchev–Trinajstić information content (AvgIpc) is 3.09. The zero-order chi connectivity index (χ0) is 19.5. The molecule has 0 amide bonds. The quantitative estimate of drug-likeness (QED) is 0.424. The van der Waals surface area contributed by atoms with Crippen LogP contribution in [-0.2, 0) is 0 Å². The number of nitrogens with one attached hydrogen (secondary N) is 1. The lowest BCUT2D eigenvalue weighted by atomic mass is 10.0. The molecule has 4 aromatic rings. The Morgan fingerprint density at radius 2 is 1.96 bits per heavy atom. The number of aliphatic hydroxyl groups excluding tert-OH is 1. The van der Waals surface area contributed by atoms with E-state index in [0.29, 0.717) is 18.8 Å². The Bertz CT molecular complexity index is 1110. The third-order valence-electron chi connectivity index (χ3n) is 4.42. The monoisotopic (exact) mass is 440 g/mol. The number of anilines is 1. The van der Waals surface area contributed by atoms with Crippen molar-refractivity contribution in [3.8, 4) is 22.4 Å². The van der Waals surface area contributed by atoms with E-state index >= 15 is 0 Å². The van der Waals surface area contributed by atoms with Crippen LogP contribution in [0.4, 0.5) is 10.2 Å². The maximum Gasteiger partial charge on any atom is 0.126 e. The van der Waals surface area contributed by atoms with E-state index in [1.807, 2.05) is 35.0 Å². The predicted molar refractivity (Wildman–Crippen MR) is 112 cm³/mol. The van der Waals surface area contributed by atoms with Gasteiger partial charge in [-0.2, -0.15) is 5.10 Å².